The van der Waals surface area contributed by atoms with E-state index in [9.17, 15) is 18.0 Å². The van der Waals surface area contributed by atoms with Crippen molar-refractivity contribution >= 4 is 27.6 Å². The molecule has 0 aliphatic carbocycles. The van der Waals surface area contributed by atoms with E-state index in [0.29, 0.717) is 6.42 Å². The number of aromatic carboxylic acids is 1. The number of carbonyl (C=O) groups excluding carboxylic acids is 1. The zero-order chi connectivity index (χ0) is 17.9. The van der Waals surface area contributed by atoms with E-state index in [1.807, 2.05) is 0 Å². The first-order valence-electron chi connectivity index (χ1n) is 7.05. The minimum absolute atomic E-state index is 0.0198. The van der Waals surface area contributed by atoms with Gasteiger partial charge in [-0.25, -0.2) is 13.2 Å². The Morgan fingerprint density at radius 3 is 2.50 bits per heavy atom. The molecule has 0 atom stereocenters. The highest BCUT2D eigenvalue weighted by Gasteiger charge is 2.30. The molecule has 2 rings (SSSR count). The van der Waals surface area contributed by atoms with E-state index in [4.69, 9.17) is 14.6 Å². The van der Waals surface area contributed by atoms with Gasteiger partial charge in [-0.05, 0) is 18.6 Å². The molecule has 1 aliphatic heterocycles. The lowest BCUT2D eigenvalue weighted by Gasteiger charge is -2.17. The summed E-state index contributed by atoms with van der Waals surface area (Å²) < 4.78 is 34.8. The molecule has 1 heterocycles. The van der Waals surface area contributed by atoms with Gasteiger partial charge in [0.15, 0.2) is 11.5 Å². The Morgan fingerprint density at radius 2 is 2.00 bits per heavy atom. The average Bonchev–Trinajstić information content (AvgIpc) is 2.84. The molecule has 0 bridgehead atoms. The Kier molecular flexibility index (Phi) is 5.30. The number of carbonyl (C=O) groups is 2. The summed E-state index contributed by atoms with van der Waals surface area (Å²) in [6, 6.07) is 2.49. The van der Waals surface area contributed by atoms with Crippen molar-refractivity contribution in [3.63, 3.8) is 0 Å². The van der Waals surface area contributed by atoms with Gasteiger partial charge < -0.3 is 19.9 Å². The second kappa shape index (κ2) is 7.05. The number of sulfonamides is 1. The molecular formula is C14H18N2O7S. The lowest BCUT2D eigenvalue weighted by Crippen LogP contribution is -2.34. The van der Waals surface area contributed by atoms with Crippen molar-refractivity contribution in [2.24, 2.45) is 0 Å². The van der Waals surface area contributed by atoms with Crippen LogP contribution in [-0.4, -0.2) is 62.8 Å². The summed E-state index contributed by atoms with van der Waals surface area (Å²) in [5, 5.41) is 11.6. The average molecular weight is 358 g/mol. The highest BCUT2D eigenvalue weighted by atomic mass is 32.2. The molecule has 0 aromatic heterocycles. The van der Waals surface area contributed by atoms with Gasteiger partial charge in [0.05, 0.1) is 37.8 Å². The molecule has 1 aliphatic rings. The quantitative estimate of drug-likeness (QED) is 0.753. The number of amides is 1. The summed E-state index contributed by atoms with van der Waals surface area (Å²) >= 11 is 0. The molecule has 9 nitrogen and oxygen atoms in total. The van der Waals surface area contributed by atoms with Crippen LogP contribution in [0.2, 0.25) is 0 Å². The second-order valence-corrected chi connectivity index (χ2v) is 7.20. The number of ether oxygens (including phenoxy) is 2. The van der Waals surface area contributed by atoms with Crippen molar-refractivity contribution < 1.29 is 32.6 Å². The maximum Gasteiger partial charge on any atom is 0.335 e. The van der Waals surface area contributed by atoms with Gasteiger partial charge in [0.1, 0.15) is 0 Å². The maximum atomic E-state index is 12.1. The van der Waals surface area contributed by atoms with Crippen LogP contribution in [-0.2, 0) is 14.8 Å². The van der Waals surface area contributed by atoms with Crippen LogP contribution in [0.25, 0.3) is 0 Å². The van der Waals surface area contributed by atoms with Gasteiger partial charge in [-0.15, -0.1) is 0 Å². The highest BCUT2D eigenvalue weighted by Crippen LogP contribution is 2.36. The maximum absolute atomic E-state index is 12.1. The van der Waals surface area contributed by atoms with E-state index < -0.39 is 21.9 Å². The summed E-state index contributed by atoms with van der Waals surface area (Å²) in [5.41, 5.74) is -0.00686. The predicted octanol–water partition coefficient (Wildman–Crippen LogP) is 0.376. The van der Waals surface area contributed by atoms with Gasteiger partial charge in [-0.1, -0.05) is 0 Å². The van der Waals surface area contributed by atoms with Crippen LogP contribution in [0, 0.1) is 0 Å². The van der Waals surface area contributed by atoms with Crippen LogP contribution in [0.3, 0.4) is 0 Å². The smallest absolute Gasteiger partial charge is 0.335 e. The fourth-order valence-corrected chi connectivity index (χ4v) is 3.87. The lowest BCUT2D eigenvalue weighted by molar-refractivity contribution is -0.116. The Morgan fingerprint density at radius 1 is 1.29 bits per heavy atom. The fourth-order valence-electron chi connectivity index (χ4n) is 2.40. The Labute approximate surface area is 139 Å². The number of carboxylic acid groups (broad SMARTS) is 1. The van der Waals surface area contributed by atoms with Crippen LogP contribution < -0.4 is 14.8 Å². The van der Waals surface area contributed by atoms with Gasteiger partial charge in [-0.2, -0.15) is 4.31 Å². The molecule has 0 unspecified atom stereocenters. The van der Waals surface area contributed by atoms with Gasteiger partial charge in [-0.3, -0.25) is 4.79 Å². The molecule has 1 amide bonds. The van der Waals surface area contributed by atoms with Crippen LogP contribution in [0.5, 0.6) is 11.5 Å². The summed E-state index contributed by atoms with van der Waals surface area (Å²) in [5.74, 6) is -1.48. The van der Waals surface area contributed by atoms with Crippen LogP contribution >= 0.6 is 0 Å². The first-order chi connectivity index (χ1) is 11.3. The largest absolute Gasteiger partial charge is 0.493 e. The molecule has 0 saturated carbocycles. The normalized spacial score (nSPS) is 16.6. The summed E-state index contributed by atoms with van der Waals surface area (Å²) in [6.45, 7) is -0.0591. The first kappa shape index (κ1) is 18.0. The first-order valence-corrected chi connectivity index (χ1v) is 8.66. The van der Waals surface area contributed by atoms with Crippen molar-refractivity contribution in [3.05, 3.63) is 17.7 Å². The Bertz CT molecular complexity index is 761. The molecule has 1 aromatic carbocycles. The summed E-state index contributed by atoms with van der Waals surface area (Å²) in [4.78, 5) is 23.3. The number of carboxylic acids is 1. The summed E-state index contributed by atoms with van der Waals surface area (Å²) in [7, 11) is -0.717. The third-order valence-electron chi connectivity index (χ3n) is 3.52. The highest BCUT2D eigenvalue weighted by molar-refractivity contribution is 7.89. The molecule has 0 radical (unpaired) electrons. The molecule has 10 heteroatoms. The van der Waals surface area contributed by atoms with Gasteiger partial charge in [0.2, 0.25) is 15.9 Å². The molecule has 1 fully saturated rings. The zero-order valence-corrected chi connectivity index (χ0v) is 14.1. The van der Waals surface area contributed by atoms with Crippen molar-refractivity contribution in [2.75, 3.05) is 38.4 Å². The monoisotopic (exact) mass is 358 g/mol. The Hall–Kier alpha value is -2.33. The van der Waals surface area contributed by atoms with E-state index >= 15 is 0 Å². The minimum Gasteiger partial charge on any atom is -0.493 e. The van der Waals surface area contributed by atoms with E-state index in [0.717, 1.165) is 4.31 Å². The molecule has 0 spiro atoms. The number of anilines is 1. The van der Waals surface area contributed by atoms with Gasteiger partial charge >= 0.3 is 5.97 Å². The summed E-state index contributed by atoms with van der Waals surface area (Å²) in [6.07, 6.45) is 0.473. The van der Waals surface area contributed by atoms with Crippen LogP contribution in [0.4, 0.5) is 5.69 Å². The number of methoxy groups -OCH3 is 2. The number of benzene rings is 1. The van der Waals surface area contributed by atoms with E-state index in [-0.39, 0.29) is 41.6 Å². The second-order valence-electron chi connectivity index (χ2n) is 5.12. The van der Waals surface area contributed by atoms with Crippen molar-refractivity contribution in [1.29, 1.82) is 0 Å². The fraction of sp³-hybridized carbons (Fsp3) is 0.429. The van der Waals surface area contributed by atoms with Gasteiger partial charge in [0.25, 0.3) is 0 Å². The van der Waals surface area contributed by atoms with Crippen LogP contribution in [0.15, 0.2) is 12.1 Å². The molecule has 132 valence electrons. The molecule has 2 N–H and O–H groups in total. The standard InChI is InChI=1S/C14H18N2O7S/c1-22-11-7-9(14(18)19)6-10(13(11)23-2)15-12(17)8-16-4-3-5-24(16,20)21/h6-7H,3-5,8H2,1-2H3,(H,15,17)(H,18,19). The number of hydrogen-bond donors (Lipinski definition) is 2. The topological polar surface area (TPSA) is 122 Å². The van der Waals surface area contributed by atoms with Gasteiger partial charge in [0, 0.05) is 6.54 Å². The minimum atomic E-state index is -3.40. The zero-order valence-electron chi connectivity index (χ0n) is 13.2. The number of nitrogens with one attached hydrogen (secondary N) is 1. The number of nitrogens with zero attached hydrogens (tertiary/aromatic N) is 1. The Balaban J connectivity index is 2.25. The van der Waals surface area contributed by atoms with Crippen molar-refractivity contribution in [3.8, 4) is 11.5 Å². The lowest BCUT2D eigenvalue weighted by atomic mass is 10.1. The molecular weight excluding hydrogens is 340 g/mol. The van der Waals surface area contributed by atoms with E-state index in [1.165, 1.54) is 26.4 Å². The van der Waals surface area contributed by atoms with Crippen molar-refractivity contribution in [2.45, 2.75) is 6.42 Å². The van der Waals surface area contributed by atoms with E-state index in [2.05, 4.69) is 5.32 Å². The van der Waals surface area contributed by atoms with E-state index in [1.54, 1.807) is 0 Å². The van der Waals surface area contributed by atoms with Crippen molar-refractivity contribution in [1.82, 2.24) is 4.31 Å². The predicted molar refractivity (Wildman–Crippen MR) is 85.1 cm³/mol. The number of rotatable bonds is 6. The van der Waals surface area contributed by atoms with Crippen LogP contribution in [0.1, 0.15) is 16.8 Å². The third kappa shape index (κ3) is 3.77. The molecule has 1 saturated heterocycles. The molecule has 24 heavy (non-hydrogen) atoms. The SMILES string of the molecule is COc1cc(C(=O)O)cc(NC(=O)CN2CCCS2(=O)=O)c1OC. The molecule has 1 aromatic rings. The third-order valence-corrected chi connectivity index (χ3v) is 5.43. The number of hydrogen-bond acceptors (Lipinski definition) is 6.